The van der Waals surface area contributed by atoms with Gasteiger partial charge in [-0.25, -0.2) is 5.43 Å². The number of carbonyl (C=O) groups is 1. The highest BCUT2D eigenvalue weighted by Crippen LogP contribution is 2.04. The van der Waals surface area contributed by atoms with E-state index in [1.165, 1.54) is 0 Å². The first kappa shape index (κ1) is 6.57. The summed E-state index contributed by atoms with van der Waals surface area (Å²) in [6, 6.07) is 0. The molecule has 51 valence electrons. The maximum absolute atomic E-state index is 11.6. The lowest BCUT2D eigenvalue weighted by Crippen LogP contribution is -2.34. The fourth-order valence-electron chi connectivity index (χ4n) is 0.539. The van der Waals surface area contributed by atoms with Gasteiger partial charge in [0.15, 0.2) is 5.78 Å². The first-order valence-corrected chi connectivity index (χ1v) is 2.37. The largest absolute Gasteiger partial charge is 0.307 e. The molecule has 1 aliphatic heterocycles. The molecular weight excluding hydrogens is 130 g/mol. The summed E-state index contributed by atoms with van der Waals surface area (Å²) in [6.07, 6.45) is 0. The monoisotopic (exact) mass is 135 g/mol. The second kappa shape index (κ2) is 2.36. The van der Waals surface area contributed by atoms with Crippen LogP contribution in [0, 0.1) is 6.54 Å². The quantitative estimate of drug-likeness (QED) is 0.503. The summed E-state index contributed by atoms with van der Waals surface area (Å²) < 4.78 is 23.2. The maximum Gasteiger partial charge on any atom is 0.307 e. The summed E-state index contributed by atoms with van der Waals surface area (Å²) in [5, 5.41) is 0.558. The van der Waals surface area contributed by atoms with Crippen molar-refractivity contribution < 1.29 is 13.6 Å². The lowest BCUT2D eigenvalue weighted by Gasteiger charge is -2.10. The third kappa shape index (κ3) is 1.43. The summed E-state index contributed by atoms with van der Waals surface area (Å²) in [5.74, 6) is -0.324. The second-order valence-electron chi connectivity index (χ2n) is 1.65. The fraction of sp³-hybridized carbons (Fsp3) is 0.500. The first-order valence-electron chi connectivity index (χ1n) is 2.37. The molecule has 1 heterocycles. The zero-order valence-corrected chi connectivity index (χ0v) is 4.47. The molecule has 1 radical (unpaired) electrons. The number of carbonyl (C=O) groups excluding carboxylic acids is 1. The third-order valence-electron chi connectivity index (χ3n) is 0.953. The first-order chi connectivity index (χ1) is 4.20. The number of rotatable bonds is 1. The van der Waals surface area contributed by atoms with E-state index in [0.29, 0.717) is 5.01 Å². The number of hydrazine groups is 1. The van der Waals surface area contributed by atoms with E-state index in [2.05, 4.69) is 5.43 Å². The van der Waals surface area contributed by atoms with Gasteiger partial charge in [0.2, 0.25) is 0 Å². The average Bonchev–Trinajstić information content (AvgIpc) is 2.14. The molecule has 0 saturated carbocycles. The minimum atomic E-state index is -2.60. The van der Waals surface area contributed by atoms with Gasteiger partial charge in [-0.2, -0.15) is 13.8 Å². The number of nitrogens with one attached hydrogen (secondary N) is 1. The minimum Gasteiger partial charge on any atom is -0.296 e. The fourth-order valence-corrected chi connectivity index (χ4v) is 0.539. The molecular formula is C4H5F2N2O. The summed E-state index contributed by atoms with van der Waals surface area (Å²) in [5.41, 5.74) is 2.11. The van der Waals surface area contributed by atoms with E-state index >= 15 is 0 Å². The van der Waals surface area contributed by atoms with E-state index in [9.17, 15) is 13.6 Å². The molecule has 1 aliphatic rings. The average molecular weight is 135 g/mol. The Morgan fingerprint density at radius 3 is 2.67 bits per heavy atom. The Morgan fingerprint density at radius 1 is 1.78 bits per heavy atom. The molecule has 1 N–H and O–H groups in total. The highest BCUT2D eigenvalue weighted by molar-refractivity contribution is 5.89. The van der Waals surface area contributed by atoms with Crippen molar-refractivity contribution in [2.24, 2.45) is 0 Å². The number of hydrogen-bond donors (Lipinski definition) is 1. The standard InChI is InChI=1S/C4H5F2N2O/c5-4(6)8-2-3(9)1-7-8/h1,4,7H,2H2. The molecule has 0 atom stereocenters. The molecule has 0 spiro atoms. The Labute approximate surface area is 50.6 Å². The second-order valence-corrected chi connectivity index (χ2v) is 1.65. The van der Waals surface area contributed by atoms with Gasteiger partial charge in [-0.3, -0.25) is 4.79 Å². The van der Waals surface area contributed by atoms with Crippen molar-refractivity contribution in [1.82, 2.24) is 10.4 Å². The normalized spacial score (nSPS) is 21.9. The summed E-state index contributed by atoms with van der Waals surface area (Å²) >= 11 is 0. The van der Waals surface area contributed by atoms with Crippen LogP contribution in [0.15, 0.2) is 0 Å². The number of alkyl halides is 2. The number of hydrogen-bond acceptors (Lipinski definition) is 3. The SMILES string of the molecule is O=C1[CH]NN(C(F)F)C1. The molecule has 0 unspecified atom stereocenters. The Bertz CT molecular complexity index is 128. The summed E-state index contributed by atoms with van der Waals surface area (Å²) in [6.45, 7) is -1.82. The van der Waals surface area contributed by atoms with Crippen LogP contribution in [-0.4, -0.2) is 23.9 Å². The van der Waals surface area contributed by atoms with Gasteiger partial charge in [0.1, 0.15) is 6.54 Å². The van der Waals surface area contributed by atoms with Gasteiger partial charge >= 0.3 is 6.55 Å². The molecule has 3 nitrogen and oxygen atoms in total. The lowest BCUT2D eigenvalue weighted by molar-refractivity contribution is -0.116. The summed E-state index contributed by atoms with van der Waals surface area (Å²) in [7, 11) is 0. The Morgan fingerprint density at radius 2 is 2.44 bits per heavy atom. The molecule has 0 amide bonds. The van der Waals surface area contributed by atoms with E-state index in [-0.39, 0.29) is 12.3 Å². The van der Waals surface area contributed by atoms with E-state index in [0.717, 1.165) is 6.54 Å². The van der Waals surface area contributed by atoms with Crippen LogP contribution in [0.4, 0.5) is 8.78 Å². The number of nitrogens with zero attached hydrogens (tertiary/aromatic N) is 1. The third-order valence-corrected chi connectivity index (χ3v) is 0.953. The predicted molar refractivity (Wildman–Crippen MR) is 25.2 cm³/mol. The molecule has 5 heteroatoms. The zero-order valence-electron chi connectivity index (χ0n) is 4.47. The Balaban J connectivity index is 2.39. The number of halogens is 2. The zero-order chi connectivity index (χ0) is 6.85. The summed E-state index contributed by atoms with van der Waals surface area (Å²) in [4.78, 5) is 10.3. The van der Waals surface area contributed by atoms with Crippen LogP contribution < -0.4 is 5.43 Å². The molecule has 0 aliphatic carbocycles. The molecule has 0 aromatic carbocycles. The van der Waals surface area contributed by atoms with Crippen LogP contribution in [0.2, 0.25) is 0 Å². The van der Waals surface area contributed by atoms with Crippen LogP contribution >= 0.6 is 0 Å². The van der Waals surface area contributed by atoms with Crippen LogP contribution in [-0.2, 0) is 4.79 Å². The van der Waals surface area contributed by atoms with Crippen molar-refractivity contribution in [3.63, 3.8) is 0 Å². The van der Waals surface area contributed by atoms with Crippen molar-refractivity contribution in [2.75, 3.05) is 6.54 Å². The number of ketones is 1. The molecule has 9 heavy (non-hydrogen) atoms. The van der Waals surface area contributed by atoms with Crippen LogP contribution in [0.5, 0.6) is 0 Å². The minimum absolute atomic E-state index is 0.238. The van der Waals surface area contributed by atoms with E-state index in [1.807, 2.05) is 0 Å². The van der Waals surface area contributed by atoms with Crippen LogP contribution in [0.1, 0.15) is 0 Å². The molecule has 0 aromatic rings. The number of Topliss-reactive ketones (excluding diaryl/α,β-unsaturated/α-hetero) is 1. The van der Waals surface area contributed by atoms with Crippen LogP contribution in [0.25, 0.3) is 0 Å². The van der Waals surface area contributed by atoms with Gasteiger partial charge in [0, 0.05) is 0 Å². The van der Waals surface area contributed by atoms with E-state index < -0.39 is 6.55 Å². The van der Waals surface area contributed by atoms with E-state index in [4.69, 9.17) is 0 Å². The van der Waals surface area contributed by atoms with Gasteiger partial charge in [-0.15, -0.1) is 0 Å². The molecule has 1 rings (SSSR count). The van der Waals surface area contributed by atoms with Crippen LogP contribution in [0.3, 0.4) is 0 Å². The highest BCUT2D eigenvalue weighted by Gasteiger charge is 2.25. The highest BCUT2D eigenvalue weighted by atomic mass is 19.3. The predicted octanol–water partition coefficient (Wildman–Crippen LogP) is -0.240. The van der Waals surface area contributed by atoms with Crippen molar-refractivity contribution in [3.8, 4) is 0 Å². The Hall–Kier alpha value is -0.550. The van der Waals surface area contributed by atoms with Gasteiger partial charge in [-0.1, -0.05) is 0 Å². The molecule has 0 bridgehead atoms. The van der Waals surface area contributed by atoms with Gasteiger partial charge < -0.3 is 0 Å². The Kier molecular flexibility index (Phi) is 1.73. The molecule has 1 fully saturated rings. The molecule has 0 aromatic heterocycles. The van der Waals surface area contributed by atoms with Crippen molar-refractivity contribution in [2.45, 2.75) is 6.55 Å². The van der Waals surface area contributed by atoms with Gasteiger partial charge in [0.05, 0.1) is 6.54 Å². The molecule has 1 saturated heterocycles. The van der Waals surface area contributed by atoms with Crippen molar-refractivity contribution in [3.05, 3.63) is 6.54 Å². The van der Waals surface area contributed by atoms with E-state index in [1.54, 1.807) is 0 Å². The van der Waals surface area contributed by atoms with Gasteiger partial charge in [-0.05, 0) is 0 Å². The maximum atomic E-state index is 11.6. The van der Waals surface area contributed by atoms with Crippen molar-refractivity contribution in [1.29, 1.82) is 0 Å². The lowest BCUT2D eigenvalue weighted by atomic mass is 10.4. The topological polar surface area (TPSA) is 32.3 Å². The van der Waals surface area contributed by atoms with Gasteiger partial charge in [0.25, 0.3) is 0 Å². The van der Waals surface area contributed by atoms with Crippen molar-refractivity contribution >= 4 is 5.78 Å². The smallest absolute Gasteiger partial charge is 0.296 e.